The van der Waals surface area contributed by atoms with E-state index in [1.807, 2.05) is 19.1 Å². The Balaban J connectivity index is 2.32. The molecule has 2 heterocycles. The van der Waals surface area contributed by atoms with Crippen LogP contribution in [0.5, 0.6) is 0 Å². The quantitative estimate of drug-likeness (QED) is 0.692. The Morgan fingerprint density at radius 1 is 1.26 bits per heavy atom. The standard InChI is InChI=1S/C14H12N4O/c1-8-4-5-9-11(7-8)17-13(18-14(9)19)12-10(15)3-2-6-16-12/h2-7H,15H2,1H3,(H,17,18,19). The highest BCUT2D eigenvalue weighted by atomic mass is 16.1. The van der Waals surface area contributed by atoms with Gasteiger partial charge in [0.25, 0.3) is 5.56 Å². The van der Waals surface area contributed by atoms with Crippen molar-refractivity contribution in [1.29, 1.82) is 0 Å². The number of nitrogen functional groups attached to an aromatic ring is 1. The molecule has 94 valence electrons. The highest BCUT2D eigenvalue weighted by molar-refractivity contribution is 5.80. The number of hydrogen-bond donors (Lipinski definition) is 2. The molecule has 5 nitrogen and oxygen atoms in total. The van der Waals surface area contributed by atoms with E-state index in [0.717, 1.165) is 5.56 Å². The Hall–Kier alpha value is -2.69. The van der Waals surface area contributed by atoms with E-state index in [9.17, 15) is 4.79 Å². The van der Waals surface area contributed by atoms with E-state index in [-0.39, 0.29) is 5.56 Å². The number of H-pyrrole nitrogens is 1. The number of nitrogens with zero attached hydrogens (tertiary/aromatic N) is 2. The number of anilines is 1. The summed E-state index contributed by atoms with van der Waals surface area (Å²) in [6.45, 7) is 1.96. The zero-order valence-electron chi connectivity index (χ0n) is 10.3. The van der Waals surface area contributed by atoms with Gasteiger partial charge in [-0.25, -0.2) is 4.98 Å². The maximum Gasteiger partial charge on any atom is 0.259 e. The van der Waals surface area contributed by atoms with Crippen LogP contribution in [0.4, 0.5) is 5.69 Å². The number of pyridine rings is 1. The Kier molecular flexibility index (Phi) is 2.52. The molecule has 0 amide bonds. The van der Waals surface area contributed by atoms with Crippen molar-refractivity contribution >= 4 is 16.6 Å². The summed E-state index contributed by atoms with van der Waals surface area (Å²) >= 11 is 0. The number of nitrogens with one attached hydrogen (secondary N) is 1. The van der Waals surface area contributed by atoms with Gasteiger partial charge in [-0.1, -0.05) is 6.07 Å². The second-order valence-corrected chi connectivity index (χ2v) is 4.38. The van der Waals surface area contributed by atoms with Gasteiger partial charge in [0.1, 0.15) is 5.69 Å². The molecule has 0 spiro atoms. The minimum absolute atomic E-state index is 0.190. The van der Waals surface area contributed by atoms with Crippen molar-refractivity contribution in [2.75, 3.05) is 5.73 Å². The topological polar surface area (TPSA) is 84.7 Å². The lowest BCUT2D eigenvalue weighted by Gasteiger charge is -2.05. The highest BCUT2D eigenvalue weighted by Gasteiger charge is 2.09. The molecule has 3 aromatic rings. The monoisotopic (exact) mass is 252 g/mol. The van der Waals surface area contributed by atoms with Crippen molar-refractivity contribution in [1.82, 2.24) is 15.0 Å². The molecule has 0 radical (unpaired) electrons. The molecule has 0 unspecified atom stereocenters. The number of fused-ring (bicyclic) bond motifs is 1. The number of benzene rings is 1. The summed E-state index contributed by atoms with van der Waals surface area (Å²) in [4.78, 5) is 23.3. The summed E-state index contributed by atoms with van der Waals surface area (Å²) in [5.41, 5.74) is 8.32. The maximum atomic E-state index is 12.0. The third-order valence-electron chi connectivity index (χ3n) is 2.93. The second-order valence-electron chi connectivity index (χ2n) is 4.38. The fourth-order valence-corrected chi connectivity index (χ4v) is 1.98. The molecule has 3 N–H and O–H groups in total. The van der Waals surface area contributed by atoms with E-state index < -0.39 is 0 Å². The van der Waals surface area contributed by atoms with Crippen LogP contribution in [0.2, 0.25) is 0 Å². The molecular weight excluding hydrogens is 240 g/mol. The van der Waals surface area contributed by atoms with Gasteiger partial charge in [0.15, 0.2) is 5.82 Å². The van der Waals surface area contributed by atoms with Crippen molar-refractivity contribution in [3.63, 3.8) is 0 Å². The van der Waals surface area contributed by atoms with Crippen LogP contribution in [0, 0.1) is 6.92 Å². The fourth-order valence-electron chi connectivity index (χ4n) is 1.98. The molecule has 0 saturated carbocycles. The van der Waals surface area contributed by atoms with E-state index in [1.165, 1.54) is 0 Å². The summed E-state index contributed by atoms with van der Waals surface area (Å²) in [7, 11) is 0. The average Bonchev–Trinajstić information content (AvgIpc) is 2.38. The second kappa shape index (κ2) is 4.20. The molecule has 0 aliphatic carbocycles. The molecule has 0 atom stereocenters. The first-order valence-electron chi connectivity index (χ1n) is 5.87. The molecule has 3 rings (SSSR count). The predicted molar refractivity (Wildman–Crippen MR) is 74.7 cm³/mol. The molecule has 5 heteroatoms. The number of aryl methyl sites for hydroxylation is 1. The SMILES string of the molecule is Cc1ccc2c(=O)[nH]c(-c3ncccc3N)nc2c1. The van der Waals surface area contributed by atoms with Crippen molar-refractivity contribution in [3.8, 4) is 11.5 Å². The average molecular weight is 252 g/mol. The smallest absolute Gasteiger partial charge is 0.259 e. The number of hydrogen-bond acceptors (Lipinski definition) is 4. The van der Waals surface area contributed by atoms with Gasteiger partial charge in [-0.15, -0.1) is 0 Å². The normalized spacial score (nSPS) is 10.8. The lowest BCUT2D eigenvalue weighted by atomic mass is 10.1. The Morgan fingerprint density at radius 3 is 2.89 bits per heavy atom. The molecule has 0 bridgehead atoms. The van der Waals surface area contributed by atoms with Crippen LogP contribution >= 0.6 is 0 Å². The van der Waals surface area contributed by atoms with Crippen LogP contribution in [0.3, 0.4) is 0 Å². The number of aromatic amines is 1. The van der Waals surface area contributed by atoms with Crippen molar-refractivity contribution in [3.05, 3.63) is 52.4 Å². The van der Waals surface area contributed by atoms with Gasteiger partial charge in [0.2, 0.25) is 0 Å². The van der Waals surface area contributed by atoms with Crippen molar-refractivity contribution in [2.45, 2.75) is 6.92 Å². The Bertz CT molecular complexity index is 823. The minimum Gasteiger partial charge on any atom is -0.397 e. The largest absolute Gasteiger partial charge is 0.397 e. The zero-order valence-corrected chi connectivity index (χ0v) is 10.3. The van der Waals surface area contributed by atoms with Crippen LogP contribution < -0.4 is 11.3 Å². The van der Waals surface area contributed by atoms with E-state index in [4.69, 9.17) is 5.73 Å². The highest BCUT2D eigenvalue weighted by Crippen LogP contribution is 2.20. The van der Waals surface area contributed by atoms with Crippen LogP contribution in [0.1, 0.15) is 5.56 Å². The van der Waals surface area contributed by atoms with E-state index >= 15 is 0 Å². The zero-order chi connectivity index (χ0) is 13.4. The first kappa shape index (κ1) is 11.4. The van der Waals surface area contributed by atoms with Crippen LogP contribution in [0.25, 0.3) is 22.4 Å². The molecule has 0 aliphatic rings. The summed E-state index contributed by atoms with van der Waals surface area (Å²) < 4.78 is 0. The molecular formula is C14H12N4O. The van der Waals surface area contributed by atoms with E-state index in [1.54, 1.807) is 24.4 Å². The lowest BCUT2D eigenvalue weighted by molar-refractivity contribution is 1.14. The Labute approximate surface area is 109 Å². The number of nitrogens with two attached hydrogens (primary N) is 1. The third-order valence-corrected chi connectivity index (χ3v) is 2.93. The number of rotatable bonds is 1. The van der Waals surface area contributed by atoms with Crippen LogP contribution in [0.15, 0.2) is 41.3 Å². The van der Waals surface area contributed by atoms with Crippen molar-refractivity contribution < 1.29 is 0 Å². The first-order chi connectivity index (χ1) is 9.15. The molecule has 0 saturated heterocycles. The van der Waals surface area contributed by atoms with E-state index in [0.29, 0.717) is 28.1 Å². The molecule has 2 aromatic heterocycles. The number of aromatic nitrogens is 3. The molecule has 19 heavy (non-hydrogen) atoms. The van der Waals surface area contributed by atoms with Gasteiger partial charge in [-0.05, 0) is 36.8 Å². The summed E-state index contributed by atoms with van der Waals surface area (Å²) in [6, 6.07) is 8.98. The fraction of sp³-hybridized carbons (Fsp3) is 0.0714. The molecule has 1 aromatic carbocycles. The predicted octanol–water partition coefficient (Wildman–Crippen LogP) is 1.88. The summed E-state index contributed by atoms with van der Waals surface area (Å²) in [5, 5.41) is 0.559. The molecule has 0 fully saturated rings. The first-order valence-corrected chi connectivity index (χ1v) is 5.87. The minimum atomic E-state index is -0.190. The third kappa shape index (κ3) is 1.95. The Morgan fingerprint density at radius 2 is 2.11 bits per heavy atom. The maximum absolute atomic E-state index is 12.0. The van der Waals surface area contributed by atoms with Gasteiger partial charge in [-0.3, -0.25) is 9.78 Å². The van der Waals surface area contributed by atoms with Gasteiger partial charge in [-0.2, -0.15) is 0 Å². The van der Waals surface area contributed by atoms with Crippen LogP contribution in [-0.2, 0) is 0 Å². The van der Waals surface area contributed by atoms with Gasteiger partial charge in [0.05, 0.1) is 16.6 Å². The lowest BCUT2D eigenvalue weighted by Crippen LogP contribution is -2.10. The van der Waals surface area contributed by atoms with Gasteiger partial charge in [0, 0.05) is 6.20 Å². The van der Waals surface area contributed by atoms with Crippen LogP contribution in [-0.4, -0.2) is 15.0 Å². The molecule has 0 aliphatic heterocycles. The van der Waals surface area contributed by atoms with Gasteiger partial charge >= 0.3 is 0 Å². The van der Waals surface area contributed by atoms with E-state index in [2.05, 4.69) is 15.0 Å². The summed E-state index contributed by atoms with van der Waals surface area (Å²) in [6.07, 6.45) is 1.62. The van der Waals surface area contributed by atoms with Gasteiger partial charge < -0.3 is 10.7 Å². The van der Waals surface area contributed by atoms with Crippen molar-refractivity contribution in [2.24, 2.45) is 0 Å². The summed E-state index contributed by atoms with van der Waals surface area (Å²) in [5.74, 6) is 0.390.